The van der Waals surface area contributed by atoms with Crippen molar-refractivity contribution in [2.45, 2.75) is 37.1 Å². The number of nitrogens with one attached hydrogen (secondary N) is 1. The van der Waals surface area contributed by atoms with E-state index in [4.69, 9.17) is 0 Å². The third-order valence-corrected chi connectivity index (χ3v) is 6.39. The highest BCUT2D eigenvalue weighted by Crippen LogP contribution is 2.34. The van der Waals surface area contributed by atoms with Crippen molar-refractivity contribution >= 4 is 15.9 Å². The molecule has 6 heteroatoms. The Morgan fingerprint density at radius 3 is 2.73 bits per heavy atom. The molecular formula is C20H24N2O3S. The summed E-state index contributed by atoms with van der Waals surface area (Å²) in [4.78, 5) is 14.8. The van der Waals surface area contributed by atoms with Gasteiger partial charge in [0, 0.05) is 19.2 Å². The summed E-state index contributed by atoms with van der Waals surface area (Å²) in [5.41, 5.74) is 2.85. The number of aryl methyl sites for hydroxylation is 1. The van der Waals surface area contributed by atoms with Crippen LogP contribution >= 0.6 is 0 Å². The second-order valence-electron chi connectivity index (χ2n) is 6.55. The summed E-state index contributed by atoms with van der Waals surface area (Å²) < 4.78 is 26.9. The lowest BCUT2D eigenvalue weighted by atomic mass is 9.87. The van der Waals surface area contributed by atoms with E-state index in [-0.39, 0.29) is 16.8 Å². The maximum atomic E-state index is 13.0. The fourth-order valence-electron chi connectivity index (χ4n) is 3.55. The number of carbonyl (C=O) groups is 1. The van der Waals surface area contributed by atoms with E-state index in [1.807, 2.05) is 12.1 Å². The molecule has 0 radical (unpaired) electrons. The van der Waals surface area contributed by atoms with Gasteiger partial charge in [0.25, 0.3) is 5.91 Å². The predicted octanol–water partition coefficient (Wildman–Crippen LogP) is 3.13. The van der Waals surface area contributed by atoms with Crippen molar-refractivity contribution in [3.63, 3.8) is 0 Å². The molecule has 138 valence electrons. The van der Waals surface area contributed by atoms with Crippen LogP contribution < -0.4 is 4.72 Å². The third-order valence-electron chi connectivity index (χ3n) is 4.85. The molecule has 1 atom stereocenters. The largest absolute Gasteiger partial charge is 0.335 e. The van der Waals surface area contributed by atoms with Crippen LogP contribution in [0.15, 0.2) is 53.4 Å². The molecule has 1 N–H and O–H groups in total. The van der Waals surface area contributed by atoms with Gasteiger partial charge in [-0.1, -0.05) is 37.3 Å². The zero-order valence-electron chi connectivity index (χ0n) is 15.1. The van der Waals surface area contributed by atoms with E-state index < -0.39 is 10.0 Å². The van der Waals surface area contributed by atoms with E-state index in [2.05, 4.69) is 16.9 Å². The Balaban J connectivity index is 1.89. The molecule has 0 bridgehead atoms. The topological polar surface area (TPSA) is 66.5 Å². The summed E-state index contributed by atoms with van der Waals surface area (Å²) in [5, 5.41) is 0. The van der Waals surface area contributed by atoms with Crippen molar-refractivity contribution in [1.29, 1.82) is 0 Å². The van der Waals surface area contributed by atoms with Gasteiger partial charge in [0.15, 0.2) is 0 Å². The lowest BCUT2D eigenvalue weighted by molar-refractivity contribution is 0.0715. The second-order valence-corrected chi connectivity index (χ2v) is 8.32. The number of amides is 1. The molecule has 1 aliphatic carbocycles. The monoisotopic (exact) mass is 372 g/mol. The zero-order chi connectivity index (χ0) is 18.7. The smallest absolute Gasteiger partial charge is 0.254 e. The number of hydrogen-bond acceptors (Lipinski definition) is 3. The van der Waals surface area contributed by atoms with Gasteiger partial charge in [-0.15, -0.1) is 0 Å². The van der Waals surface area contributed by atoms with E-state index in [0.29, 0.717) is 12.1 Å². The average Bonchev–Trinajstić information content (AvgIpc) is 2.66. The van der Waals surface area contributed by atoms with Crippen molar-refractivity contribution in [3.05, 3.63) is 65.2 Å². The van der Waals surface area contributed by atoms with E-state index in [9.17, 15) is 13.2 Å². The quantitative estimate of drug-likeness (QED) is 0.877. The van der Waals surface area contributed by atoms with Gasteiger partial charge in [-0.2, -0.15) is 0 Å². The summed E-state index contributed by atoms with van der Waals surface area (Å²) in [6.45, 7) is 2.03. The van der Waals surface area contributed by atoms with Gasteiger partial charge in [-0.25, -0.2) is 13.1 Å². The fourth-order valence-corrected chi connectivity index (χ4v) is 4.63. The van der Waals surface area contributed by atoms with E-state index >= 15 is 0 Å². The molecule has 0 aliphatic heterocycles. The normalized spacial score (nSPS) is 16.8. The van der Waals surface area contributed by atoms with Gasteiger partial charge >= 0.3 is 0 Å². The molecule has 26 heavy (non-hydrogen) atoms. The first-order valence-electron chi connectivity index (χ1n) is 8.88. The maximum Gasteiger partial charge on any atom is 0.254 e. The minimum absolute atomic E-state index is 0.0153. The van der Waals surface area contributed by atoms with Gasteiger partial charge in [0.05, 0.1) is 10.9 Å². The van der Waals surface area contributed by atoms with E-state index in [0.717, 1.165) is 19.3 Å². The van der Waals surface area contributed by atoms with Crippen LogP contribution in [0.5, 0.6) is 0 Å². The molecule has 1 amide bonds. The van der Waals surface area contributed by atoms with Crippen LogP contribution in [0.4, 0.5) is 0 Å². The summed E-state index contributed by atoms with van der Waals surface area (Å²) >= 11 is 0. The highest BCUT2D eigenvalue weighted by molar-refractivity contribution is 7.89. The van der Waals surface area contributed by atoms with E-state index in [1.54, 1.807) is 31.0 Å². The Kier molecular flexibility index (Phi) is 5.44. The molecule has 0 saturated carbocycles. The molecule has 2 aromatic rings. The third kappa shape index (κ3) is 3.66. The van der Waals surface area contributed by atoms with Gasteiger partial charge in [-0.3, -0.25) is 4.79 Å². The van der Waals surface area contributed by atoms with Crippen molar-refractivity contribution in [2.24, 2.45) is 0 Å². The summed E-state index contributed by atoms with van der Waals surface area (Å²) in [7, 11) is -1.79. The molecule has 0 fully saturated rings. The van der Waals surface area contributed by atoms with Gasteiger partial charge < -0.3 is 4.90 Å². The number of carbonyl (C=O) groups excluding carboxylic acids is 1. The SMILES string of the molecule is CCNS(=O)(=O)c1cccc(C(=O)N(C)C2CCCc3ccccc32)c1. The molecule has 2 aromatic carbocycles. The van der Waals surface area contributed by atoms with Gasteiger partial charge in [0.1, 0.15) is 0 Å². The number of nitrogens with zero attached hydrogens (tertiary/aromatic N) is 1. The molecule has 5 nitrogen and oxygen atoms in total. The van der Waals surface area contributed by atoms with Crippen molar-refractivity contribution in [2.75, 3.05) is 13.6 Å². The number of fused-ring (bicyclic) bond motifs is 1. The zero-order valence-corrected chi connectivity index (χ0v) is 15.9. The minimum atomic E-state index is -3.59. The van der Waals surface area contributed by atoms with Crippen LogP contribution in [0.1, 0.15) is 47.3 Å². The first kappa shape index (κ1) is 18.6. The van der Waals surface area contributed by atoms with Gasteiger partial charge in [-0.05, 0) is 48.6 Å². The summed E-state index contributed by atoms with van der Waals surface area (Å²) in [5.74, 6) is -0.166. The Morgan fingerprint density at radius 2 is 1.96 bits per heavy atom. The van der Waals surface area contributed by atoms with Gasteiger partial charge in [0.2, 0.25) is 10.0 Å². The Morgan fingerprint density at radius 1 is 1.19 bits per heavy atom. The predicted molar refractivity (Wildman–Crippen MR) is 102 cm³/mol. The van der Waals surface area contributed by atoms with Crippen LogP contribution in [0.3, 0.4) is 0 Å². The first-order chi connectivity index (χ1) is 12.4. The molecule has 0 heterocycles. The summed E-state index contributed by atoms with van der Waals surface area (Å²) in [6, 6.07) is 14.5. The standard InChI is InChI=1S/C20H24N2O3S/c1-3-21-26(24,25)17-11-6-10-16(14-17)20(23)22(2)19-13-7-9-15-8-4-5-12-18(15)19/h4-6,8,10-12,14,19,21H,3,7,9,13H2,1-2H3. The van der Waals surface area contributed by atoms with E-state index in [1.165, 1.54) is 23.3 Å². The van der Waals surface area contributed by atoms with Crippen LogP contribution in [0.2, 0.25) is 0 Å². The number of sulfonamides is 1. The molecular weight excluding hydrogens is 348 g/mol. The second kappa shape index (κ2) is 7.60. The van der Waals surface area contributed by atoms with Crippen LogP contribution in [0, 0.1) is 0 Å². The number of hydrogen-bond donors (Lipinski definition) is 1. The van der Waals surface area contributed by atoms with Crippen LogP contribution in [-0.2, 0) is 16.4 Å². The minimum Gasteiger partial charge on any atom is -0.335 e. The van der Waals surface area contributed by atoms with Crippen LogP contribution in [-0.4, -0.2) is 32.8 Å². The molecule has 0 spiro atoms. The maximum absolute atomic E-state index is 13.0. The highest BCUT2D eigenvalue weighted by Gasteiger charge is 2.27. The number of rotatable bonds is 5. The number of benzene rings is 2. The lowest BCUT2D eigenvalue weighted by Gasteiger charge is -2.33. The molecule has 3 rings (SSSR count). The Hall–Kier alpha value is -2.18. The molecule has 1 aliphatic rings. The fraction of sp³-hybridized carbons (Fsp3) is 0.350. The van der Waals surface area contributed by atoms with Crippen molar-refractivity contribution in [3.8, 4) is 0 Å². The van der Waals surface area contributed by atoms with Crippen LogP contribution in [0.25, 0.3) is 0 Å². The summed E-state index contributed by atoms with van der Waals surface area (Å²) in [6.07, 6.45) is 2.98. The first-order valence-corrected chi connectivity index (χ1v) is 10.4. The Labute approximate surface area is 155 Å². The molecule has 0 aromatic heterocycles. The molecule has 1 unspecified atom stereocenters. The highest BCUT2D eigenvalue weighted by atomic mass is 32.2. The molecule has 0 saturated heterocycles. The van der Waals surface area contributed by atoms with Crippen molar-refractivity contribution in [1.82, 2.24) is 9.62 Å². The average molecular weight is 372 g/mol. The Bertz CT molecular complexity index is 909. The van der Waals surface area contributed by atoms with Crippen molar-refractivity contribution < 1.29 is 13.2 Å². The lowest BCUT2D eigenvalue weighted by Crippen LogP contribution is -2.33.